The molecule has 0 aliphatic carbocycles. The predicted octanol–water partition coefficient (Wildman–Crippen LogP) is 2.06. The number of hydrogen-bond acceptors (Lipinski definition) is 3. The Morgan fingerprint density at radius 1 is 1.55 bits per heavy atom. The lowest BCUT2D eigenvalue weighted by Crippen LogP contribution is -1.79. The maximum Gasteiger partial charge on any atom is 0.169 e. The van der Waals surface area contributed by atoms with Crippen LogP contribution in [0.1, 0.15) is 10.5 Å². The topological polar surface area (TPSA) is 30.0 Å². The first-order valence-corrected chi connectivity index (χ1v) is 4.07. The average Bonchev–Trinajstić information content (AvgIpc) is 2.47. The van der Waals surface area contributed by atoms with Gasteiger partial charge >= 0.3 is 0 Å². The summed E-state index contributed by atoms with van der Waals surface area (Å²) in [5.41, 5.74) is 1.49. The van der Waals surface area contributed by atoms with Crippen molar-refractivity contribution in [3.8, 4) is 10.4 Å². The third-order valence-corrected chi connectivity index (χ3v) is 2.38. The molecule has 2 aliphatic heterocycles. The van der Waals surface area contributed by atoms with Crippen LogP contribution in [0.4, 0.5) is 0 Å². The van der Waals surface area contributed by atoms with Gasteiger partial charge in [0.25, 0.3) is 0 Å². The van der Waals surface area contributed by atoms with E-state index in [0.29, 0.717) is 5.69 Å². The molecule has 0 atom stereocenters. The van der Waals surface area contributed by atoms with Crippen molar-refractivity contribution in [2.75, 3.05) is 0 Å². The van der Waals surface area contributed by atoms with Crippen LogP contribution >= 0.6 is 11.3 Å². The van der Waals surface area contributed by atoms with Gasteiger partial charge < -0.3 is 0 Å². The van der Waals surface area contributed by atoms with Crippen molar-refractivity contribution in [3.63, 3.8) is 0 Å². The van der Waals surface area contributed by atoms with Gasteiger partial charge in [0.2, 0.25) is 0 Å². The van der Waals surface area contributed by atoms with Gasteiger partial charge in [-0.1, -0.05) is 12.1 Å². The molecule has 54 valence electrons. The number of fused-ring (bicyclic) bond motifs is 1. The smallest absolute Gasteiger partial charge is 0.169 e. The molecule has 0 N–H and O–H groups in total. The van der Waals surface area contributed by atoms with Gasteiger partial charge in [-0.3, -0.25) is 9.78 Å². The molecule has 0 saturated carbocycles. The molecular formula is C8H5NOS. The highest BCUT2D eigenvalue weighted by Crippen LogP contribution is 2.27. The van der Waals surface area contributed by atoms with E-state index in [2.05, 4.69) is 4.98 Å². The van der Waals surface area contributed by atoms with Gasteiger partial charge in [0, 0.05) is 11.8 Å². The number of hydrogen-bond donors (Lipinski definition) is 0. The van der Waals surface area contributed by atoms with Crippen molar-refractivity contribution in [1.29, 1.82) is 0 Å². The van der Waals surface area contributed by atoms with E-state index in [4.69, 9.17) is 0 Å². The fraction of sp³-hybridized carbons (Fsp3) is 0. The van der Waals surface area contributed by atoms with Gasteiger partial charge in [0.05, 0.1) is 4.88 Å². The molecule has 0 spiro atoms. The Morgan fingerprint density at radius 3 is 3.27 bits per heavy atom. The minimum Gasteiger partial charge on any atom is -0.296 e. The van der Waals surface area contributed by atoms with E-state index in [-0.39, 0.29) is 0 Å². The fourth-order valence-corrected chi connectivity index (χ4v) is 1.71. The molecule has 0 saturated heterocycles. The monoisotopic (exact) mass is 163 g/mol. The molecule has 0 bridgehead atoms. The van der Waals surface area contributed by atoms with Crippen LogP contribution in [0.2, 0.25) is 0 Å². The normalized spacial score (nSPS) is 10.2. The molecule has 0 amide bonds. The van der Waals surface area contributed by atoms with Crippen LogP contribution in [0.25, 0.3) is 10.4 Å². The van der Waals surface area contributed by atoms with Crippen molar-refractivity contribution in [1.82, 2.24) is 4.98 Å². The van der Waals surface area contributed by atoms with Crippen molar-refractivity contribution in [2.45, 2.75) is 0 Å². The van der Waals surface area contributed by atoms with Gasteiger partial charge in [0.15, 0.2) is 6.29 Å². The van der Waals surface area contributed by atoms with Crippen molar-refractivity contribution >= 4 is 17.6 Å². The van der Waals surface area contributed by atoms with Crippen molar-refractivity contribution < 1.29 is 4.79 Å². The standard InChI is InChI=1S/C8H5NOS/c10-5-7-6-2-1-3-11-8(6)4-9-7/h1-5H. The molecule has 3 heteroatoms. The Labute approximate surface area is 67.9 Å². The van der Waals surface area contributed by atoms with E-state index in [1.807, 2.05) is 17.5 Å². The van der Waals surface area contributed by atoms with Crippen LogP contribution in [-0.2, 0) is 0 Å². The third kappa shape index (κ3) is 0.935. The Kier molecular flexibility index (Phi) is 1.43. The fourth-order valence-electron chi connectivity index (χ4n) is 0.997. The van der Waals surface area contributed by atoms with Crippen LogP contribution < -0.4 is 0 Å². The number of aldehydes is 1. The van der Waals surface area contributed by atoms with E-state index in [1.165, 1.54) is 0 Å². The zero-order chi connectivity index (χ0) is 7.68. The van der Waals surface area contributed by atoms with Gasteiger partial charge in [-0.05, 0) is 5.38 Å². The molecule has 0 radical (unpaired) electrons. The highest BCUT2D eigenvalue weighted by atomic mass is 32.1. The van der Waals surface area contributed by atoms with E-state index in [1.54, 1.807) is 17.5 Å². The van der Waals surface area contributed by atoms with Crippen molar-refractivity contribution in [3.05, 3.63) is 29.4 Å². The van der Waals surface area contributed by atoms with Gasteiger partial charge in [-0.2, -0.15) is 0 Å². The third-order valence-electron chi connectivity index (χ3n) is 1.51. The number of aromatic nitrogens is 1. The van der Waals surface area contributed by atoms with E-state index in [0.717, 1.165) is 16.7 Å². The zero-order valence-electron chi connectivity index (χ0n) is 5.65. The van der Waals surface area contributed by atoms with Crippen LogP contribution in [0.15, 0.2) is 23.7 Å². The first-order chi connectivity index (χ1) is 5.42. The van der Waals surface area contributed by atoms with E-state index < -0.39 is 0 Å². The number of carbonyl (C=O) groups excluding carboxylic acids is 1. The largest absolute Gasteiger partial charge is 0.296 e. The first-order valence-electron chi connectivity index (χ1n) is 3.19. The highest BCUT2D eigenvalue weighted by molar-refractivity contribution is 7.13. The molecule has 2 aliphatic rings. The van der Waals surface area contributed by atoms with Crippen LogP contribution in [0.3, 0.4) is 0 Å². The number of nitrogens with zero attached hydrogens (tertiary/aromatic N) is 1. The van der Waals surface area contributed by atoms with Gasteiger partial charge in [0.1, 0.15) is 5.69 Å². The lowest BCUT2D eigenvalue weighted by Gasteiger charge is -1.92. The van der Waals surface area contributed by atoms with Crippen LogP contribution in [-0.4, -0.2) is 11.3 Å². The summed E-state index contributed by atoms with van der Waals surface area (Å²) in [6.07, 6.45) is 2.51. The number of carbonyl (C=O) groups is 1. The Bertz CT molecular complexity index is 355. The second-order valence-corrected chi connectivity index (χ2v) is 3.10. The molecule has 2 nitrogen and oxygen atoms in total. The summed E-state index contributed by atoms with van der Waals surface area (Å²) in [4.78, 5) is 15.4. The SMILES string of the molecule is O=Cc1ncc2scccc1-2. The summed E-state index contributed by atoms with van der Waals surface area (Å²) in [5.74, 6) is 0. The lowest BCUT2D eigenvalue weighted by atomic mass is 10.2. The minimum absolute atomic E-state index is 0.539. The molecule has 0 fully saturated rings. The van der Waals surface area contributed by atoms with Crippen LogP contribution in [0.5, 0.6) is 0 Å². The van der Waals surface area contributed by atoms with E-state index >= 15 is 0 Å². The summed E-state index contributed by atoms with van der Waals surface area (Å²) in [6, 6.07) is 3.82. The lowest BCUT2D eigenvalue weighted by molar-refractivity contribution is 0.112. The highest BCUT2D eigenvalue weighted by Gasteiger charge is 2.08. The molecule has 0 aromatic rings. The maximum absolute atomic E-state index is 10.4. The second kappa shape index (κ2) is 2.43. The van der Waals surface area contributed by atoms with Gasteiger partial charge in [-0.25, -0.2) is 0 Å². The second-order valence-electron chi connectivity index (χ2n) is 2.15. The maximum atomic E-state index is 10.4. The molecule has 2 rings (SSSR count). The van der Waals surface area contributed by atoms with Gasteiger partial charge in [-0.15, -0.1) is 11.3 Å². The predicted molar refractivity (Wildman–Crippen MR) is 44.1 cm³/mol. The molecule has 0 aromatic heterocycles. The van der Waals surface area contributed by atoms with E-state index in [9.17, 15) is 4.79 Å². The average molecular weight is 163 g/mol. The zero-order valence-corrected chi connectivity index (χ0v) is 6.47. The molecule has 2 heterocycles. The first kappa shape index (κ1) is 6.49. The molecule has 11 heavy (non-hydrogen) atoms. The summed E-state index contributed by atoms with van der Waals surface area (Å²) in [6.45, 7) is 0. The molecule has 0 aromatic carbocycles. The Morgan fingerprint density at radius 2 is 2.45 bits per heavy atom. The quantitative estimate of drug-likeness (QED) is 0.602. The molecule has 0 unspecified atom stereocenters. The minimum atomic E-state index is 0.539. The summed E-state index contributed by atoms with van der Waals surface area (Å²) >= 11 is 1.59. The summed E-state index contributed by atoms with van der Waals surface area (Å²) in [5, 5.41) is 1.97. The van der Waals surface area contributed by atoms with Crippen molar-refractivity contribution in [2.24, 2.45) is 0 Å². The Hall–Kier alpha value is -1.22. The Balaban J connectivity index is 2.73. The van der Waals surface area contributed by atoms with Crippen LogP contribution in [0, 0.1) is 0 Å². The summed E-state index contributed by atoms with van der Waals surface area (Å²) < 4.78 is 0. The summed E-state index contributed by atoms with van der Waals surface area (Å²) in [7, 11) is 0. The number of rotatable bonds is 1. The molecular weight excluding hydrogens is 158 g/mol.